The molecular formula is C15H18N2O2. The van der Waals surface area contributed by atoms with Crippen molar-refractivity contribution < 1.29 is 9.84 Å². The lowest BCUT2D eigenvalue weighted by Crippen LogP contribution is -2.03. The van der Waals surface area contributed by atoms with E-state index in [2.05, 4.69) is 10.3 Å². The van der Waals surface area contributed by atoms with E-state index in [1.165, 1.54) is 0 Å². The summed E-state index contributed by atoms with van der Waals surface area (Å²) in [5, 5.41) is 13.1. The van der Waals surface area contributed by atoms with Crippen LogP contribution in [0.15, 0.2) is 30.3 Å². The lowest BCUT2D eigenvalue weighted by molar-refractivity contribution is 0.406. The molecular weight excluding hydrogens is 240 g/mol. The molecule has 2 rings (SSSR count). The number of nitrogens with one attached hydrogen (secondary N) is 1. The summed E-state index contributed by atoms with van der Waals surface area (Å²) >= 11 is 0. The third-order valence-corrected chi connectivity index (χ3v) is 2.99. The van der Waals surface area contributed by atoms with Gasteiger partial charge in [-0.1, -0.05) is 0 Å². The third-order valence-electron chi connectivity index (χ3n) is 2.99. The van der Waals surface area contributed by atoms with Crippen molar-refractivity contribution in [3.8, 4) is 11.5 Å². The van der Waals surface area contributed by atoms with E-state index in [9.17, 15) is 5.11 Å². The maximum absolute atomic E-state index is 9.88. The summed E-state index contributed by atoms with van der Waals surface area (Å²) in [7, 11) is 1.58. The molecule has 0 aliphatic rings. The molecule has 0 saturated carbocycles. The number of anilines is 1. The van der Waals surface area contributed by atoms with Gasteiger partial charge in [-0.2, -0.15) is 0 Å². The lowest BCUT2D eigenvalue weighted by atomic mass is 10.2. The molecule has 19 heavy (non-hydrogen) atoms. The van der Waals surface area contributed by atoms with Crippen LogP contribution in [0, 0.1) is 13.8 Å². The highest BCUT2D eigenvalue weighted by Gasteiger charge is 2.04. The number of phenols is 1. The van der Waals surface area contributed by atoms with Gasteiger partial charge in [-0.15, -0.1) is 0 Å². The third kappa shape index (κ3) is 3.16. The number of aromatic nitrogens is 1. The zero-order chi connectivity index (χ0) is 13.8. The van der Waals surface area contributed by atoms with E-state index >= 15 is 0 Å². The number of phenolic OH excluding ortho intramolecular Hbond substituents is 1. The predicted octanol–water partition coefficient (Wildman–Crippen LogP) is 3.02. The molecule has 0 atom stereocenters. The first-order chi connectivity index (χ1) is 9.10. The van der Waals surface area contributed by atoms with Crippen LogP contribution in [0.25, 0.3) is 0 Å². The molecule has 0 spiro atoms. The largest absolute Gasteiger partial charge is 0.507 e. The monoisotopic (exact) mass is 258 g/mol. The molecule has 100 valence electrons. The quantitative estimate of drug-likeness (QED) is 0.885. The standard InChI is InChI=1S/C15H18N2O2/c1-10-4-7-14(11(2)17-10)16-9-12-5-6-13(19-3)8-15(12)18/h4-8,16,18H,9H2,1-3H3. The predicted molar refractivity (Wildman–Crippen MR) is 75.7 cm³/mol. The lowest BCUT2D eigenvalue weighted by Gasteiger charge is -2.11. The van der Waals surface area contributed by atoms with E-state index in [-0.39, 0.29) is 5.75 Å². The Bertz CT molecular complexity index is 582. The zero-order valence-electron chi connectivity index (χ0n) is 11.4. The van der Waals surface area contributed by atoms with Crippen LogP contribution in [0.4, 0.5) is 5.69 Å². The van der Waals surface area contributed by atoms with Crippen LogP contribution in [0.1, 0.15) is 17.0 Å². The van der Waals surface area contributed by atoms with Crippen molar-refractivity contribution >= 4 is 5.69 Å². The van der Waals surface area contributed by atoms with Gasteiger partial charge in [0, 0.05) is 23.9 Å². The molecule has 2 N–H and O–H groups in total. The van der Waals surface area contributed by atoms with Crippen LogP contribution in [0.5, 0.6) is 11.5 Å². The van der Waals surface area contributed by atoms with E-state index in [1.807, 2.05) is 38.1 Å². The maximum atomic E-state index is 9.88. The maximum Gasteiger partial charge on any atom is 0.124 e. The SMILES string of the molecule is COc1ccc(CNc2ccc(C)nc2C)c(O)c1. The molecule has 4 nitrogen and oxygen atoms in total. The van der Waals surface area contributed by atoms with Crippen molar-refractivity contribution in [3.05, 3.63) is 47.3 Å². The van der Waals surface area contributed by atoms with E-state index in [0.29, 0.717) is 12.3 Å². The Balaban J connectivity index is 2.10. The first-order valence-electron chi connectivity index (χ1n) is 6.14. The van der Waals surface area contributed by atoms with Gasteiger partial charge in [0.15, 0.2) is 0 Å². The van der Waals surface area contributed by atoms with Gasteiger partial charge in [0.2, 0.25) is 0 Å². The minimum Gasteiger partial charge on any atom is -0.507 e. The van der Waals surface area contributed by atoms with Crippen LogP contribution in [0.3, 0.4) is 0 Å². The molecule has 4 heteroatoms. The van der Waals surface area contributed by atoms with Crippen LogP contribution in [-0.4, -0.2) is 17.2 Å². The average Bonchev–Trinajstić information content (AvgIpc) is 2.39. The number of hydrogen-bond acceptors (Lipinski definition) is 4. The second-order valence-electron chi connectivity index (χ2n) is 4.43. The second kappa shape index (κ2) is 5.61. The van der Waals surface area contributed by atoms with Crippen LogP contribution in [0.2, 0.25) is 0 Å². The summed E-state index contributed by atoms with van der Waals surface area (Å²) in [6.07, 6.45) is 0. The summed E-state index contributed by atoms with van der Waals surface area (Å²) in [5.74, 6) is 0.874. The summed E-state index contributed by atoms with van der Waals surface area (Å²) < 4.78 is 5.05. The normalized spacial score (nSPS) is 10.3. The average molecular weight is 258 g/mol. The smallest absolute Gasteiger partial charge is 0.124 e. The summed E-state index contributed by atoms with van der Waals surface area (Å²) in [4.78, 5) is 4.39. The Morgan fingerprint density at radius 2 is 2.00 bits per heavy atom. The molecule has 0 fully saturated rings. The highest BCUT2D eigenvalue weighted by Crippen LogP contribution is 2.24. The molecule has 0 aliphatic heterocycles. The van der Waals surface area contributed by atoms with Crippen molar-refractivity contribution in [2.24, 2.45) is 0 Å². The number of aryl methyl sites for hydroxylation is 2. The van der Waals surface area contributed by atoms with Gasteiger partial charge >= 0.3 is 0 Å². The first-order valence-corrected chi connectivity index (χ1v) is 6.14. The molecule has 0 bridgehead atoms. The number of hydrogen-bond donors (Lipinski definition) is 2. The van der Waals surface area contributed by atoms with Crippen molar-refractivity contribution in [2.75, 3.05) is 12.4 Å². The van der Waals surface area contributed by atoms with E-state index in [0.717, 1.165) is 22.6 Å². The Kier molecular flexibility index (Phi) is 3.90. The van der Waals surface area contributed by atoms with E-state index in [1.54, 1.807) is 13.2 Å². The Hall–Kier alpha value is -2.23. The number of aromatic hydroxyl groups is 1. The van der Waals surface area contributed by atoms with Gasteiger partial charge in [0.25, 0.3) is 0 Å². The van der Waals surface area contributed by atoms with Gasteiger partial charge < -0.3 is 15.2 Å². The number of rotatable bonds is 4. The van der Waals surface area contributed by atoms with Crippen LogP contribution >= 0.6 is 0 Å². The van der Waals surface area contributed by atoms with E-state index < -0.39 is 0 Å². The highest BCUT2D eigenvalue weighted by atomic mass is 16.5. The van der Waals surface area contributed by atoms with Crippen molar-refractivity contribution in [1.82, 2.24) is 4.98 Å². The minimum absolute atomic E-state index is 0.226. The van der Waals surface area contributed by atoms with Crippen LogP contribution < -0.4 is 10.1 Å². The number of benzene rings is 1. The molecule has 0 unspecified atom stereocenters. The zero-order valence-corrected chi connectivity index (χ0v) is 11.4. The minimum atomic E-state index is 0.226. The summed E-state index contributed by atoms with van der Waals surface area (Å²) in [5.41, 5.74) is 3.74. The number of ether oxygens (including phenoxy) is 1. The van der Waals surface area contributed by atoms with Crippen LogP contribution in [-0.2, 0) is 6.54 Å². The van der Waals surface area contributed by atoms with E-state index in [4.69, 9.17) is 4.74 Å². The Labute approximate surface area is 113 Å². The van der Waals surface area contributed by atoms with Crippen molar-refractivity contribution in [2.45, 2.75) is 20.4 Å². The first kappa shape index (κ1) is 13.2. The molecule has 2 aromatic rings. The van der Waals surface area contributed by atoms with Gasteiger partial charge in [0.1, 0.15) is 11.5 Å². The molecule has 0 saturated heterocycles. The van der Waals surface area contributed by atoms with Gasteiger partial charge in [-0.05, 0) is 38.1 Å². The molecule has 0 amide bonds. The van der Waals surface area contributed by atoms with Gasteiger partial charge in [0.05, 0.1) is 18.5 Å². The number of nitrogens with zero attached hydrogens (tertiary/aromatic N) is 1. The van der Waals surface area contributed by atoms with Crippen molar-refractivity contribution in [1.29, 1.82) is 0 Å². The Morgan fingerprint density at radius 1 is 1.21 bits per heavy atom. The fourth-order valence-corrected chi connectivity index (χ4v) is 1.88. The molecule has 0 aliphatic carbocycles. The molecule has 0 radical (unpaired) electrons. The van der Waals surface area contributed by atoms with Gasteiger partial charge in [-0.3, -0.25) is 4.98 Å². The van der Waals surface area contributed by atoms with Gasteiger partial charge in [-0.25, -0.2) is 0 Å². The second-order valence-corrected chi connectivity index (χ2v) is 4.43. The molecule has 1 aromatic carbocycles. The Morgan fingerprint density at radius 3 is 2.63 bits per heavy atom. The topological polar surface area (TPSA) is 54.4 Å². The fourth-order valence-electron chi connectivity index (χ4n) is 1.88. The number of pyridine rings is 1. The van der Waals surface area contributed by atoms with Crippen molar-refractivity contribution in [3.63, 3.8) is 0 Å². The highest BCUT2D eigenvalue weighted by molar-refractivity contribution is 5.49. The fraction of sp³-hybridized carbons (Fsp3) is 0.267. The molecule has 1 aromatic heterocycles. The summed E-state index contributed by atoms with van der Waals surface area (Å²) in [6.45, 7) is 4.47. The summed E-state index contributed by atoms with van der Waals surface area (Å²) in [6, 6.07) is 9.24. The number of methoxy groups -OCH3 is 1. The molecule has 1 heterocycles.